The topological polar surface area (TPSA) is 44.8 Å². The quantitative estimate of drug-likeness (QED) is 0.630. The summed E-state index contributed by atoms with van der Waals surface area (Å²) >= 11 is 0. The first kappa shape index (κ1) is 13.4. The molecule has 8 heteroatoms. The smallest absolute Gasteiger partial charge is 0.461 e. The molecule has 1 aromatic carbocycles. The average Bonchev–Trinajstić information content (AvgIpc) is 2.62. The molecule has 0 spiro atoms. The van der Waals surface area contributed by atoms with Gasteiger partial charge in [-0.05, 0) is 19.1 Å². The molecule has 0 atom stereocenters. The van der Waals surface area contributed by atoms with Crippen molar-refractivity contribution in [2.24, 2.45) is 0 Å². The molecule has 19 heavy (non-hydrogen) atoms. The van der Waals surface area contributed by atoms with Gasteiger partial charge in [-0.1, -0.05) is 6.07 Å². The fraction of sp³-hybridized carbons (Fsp3) is 0.364. The van der Waals surface area contributed by atoms with Gasteiger partial charge in [0.1, 0.15) is 0 Å². The minimum absolute atomic E-state index is 0.267. The molecule has 4 nitrogen and oxygen atoms in total. The fourth-order valence-electron chi connectivity index (χ4n) is 1.55. The van der Waals surface area contributed by atoms with Crippen molar-refractivity contribution in [3.05, 3.63) is 23.8 Å². The normalized spacial score (nSPS) is 16.3. The molecule has 1 aliphatic rings. The summed E-state index contributed by atoms with van der Waals surface area (Å²) in [6.45, 7) is 1.08. The second-order valence-corrected chi connectivity index (χ2v) is 3.60. The maximum atomic E-state index is 13.8. The number of benzene rings is 1. The molecule has 0 aromatic heterocycles. The summed E-state index contributed by atoms with van der Waals surface area (Å²) in [7, 11) is 0. The Hall–Kier alpha value is -1.99. The van der Waals surface area contributed by atoms with Crippen LogP contribution in [0.15, 0.2) is 18.2 Å². The third kappa shape index (κ3) is 2.29. The monoisotopic (exact) mass is 280 g/mol. The number of carbonyl (C=O) groups is 1. The lowest BCUT2D eigenvalue weighted by atomic mass is 10.1. The van der Waals surface area contributed by atoms with Crippen LogP contribution in [0, 0.1) is 0 Å². The van der Waals surface area contributed by atoms with E-state index < -0.39 is 35.2 Å². The molecular formula is C11H8F4O4. The van der Waals surface area contributed by atoms with E-state index in [1.165, 1.54) is 6.92 Å². The minimum atomic E-state index is -4.11. The Morgan fingerprint density at radius 1 is 1.37 bits per heavy atom. The highest BCUT2D eigenvalue weighted by molar-refractivity contribution is 5.81. The summed E-state index contributed by atoms with van der Waals surface area (Å²) in [4.78, 5) is 11.2. The van der Waals surface area contributed by atoms with Crippen LogP contribution < -0.4 is 9.47 Å². The number of alkyl halides is 4. The Morgan fingerprint density at radius 2 is 2.05 bits per heavy atom. The highest BCUT2D eigenvalue weighted by Crippen LogP contribution is 2.48. The molecular weight excluding hydrogens is 272 g/mol. The Morgan fingerprint density at radius 3 is 2.68 bits per heavy atom. The van der Waals surface area contributed by atoms with Crippen molar-refractivity contribution in [1.29, 1.82) is 0 Å². The number of para-hydroxylation sites is 1. The molecule has 0 N–H and O–H groups in total. The molecule has 0 fully saturated rings. The van der Waals surface area contributed by atoms with Gasteiger partial charge in [-0.15, -0.1) is 8.78 Å². The second kappa shape index (κ2) is 4.29. The summed E-state index contributed by atoms with van der Waals surface area (Å²) < 4.78 is 65.5. The van der Waals surface area contributed by atoms with Gasteiger partial charge in [0.05, 0.1) is 12.2 Å². The fourth-order valence-corrected chi connectivity index (χ4v) is 1.55. The van der Waals surface area contributed by atoms with Crippen molar-refractivity contribution < 1.29 is 36.6 Å². The summed E-state index contributed by atoms with van der Waals surface area (Å²) in [5.41, 5.74) is -1.03. The van der Waals surface area contributed by atoms with E-state index in [-0.39, 0.29) is 6.61 Å². The number of ether oxygens (including phenoxy) is 3. The van der Waals surface area contributed by atoms with Crippen LogP contribution in [-0.4, -0.2) is 18.9 Å². The molecule has 0 radical (unpaired) electrons. The summed E-state index contributed by atoms with van der Waals surface area (Å²) in [6, 6.07) is 2.87. The predicted molar refractivity (Wildman–Crippen MR) is 53.2 cm³/mol. The van der Waals surface area contributed by atoms with Gasteiger partial charge in [-0.25, -0.2) is 4.79 Å². The molecule has 0 aliphatic carbocycles. The lowest BCUT2D eigenvalue weighted by Gasteiger charge is -2.16. The number of esters is 1. The van der Waals surface area contributed by atoms with Crippen LogP contribution in [0.1, 0.15) is 12.5 Å². The van der Waals surface area contributed by atoms with Crippen LogP contribution in [0.2, 0.25) is 0 Å². The van der Waals surface area contributed by atoms with Crippen LogP contribution in [-0.2, 0) is 15.5 Å². The van der Waals surface area contributed by atoms with Gasteiger partial charge in [0.2, 0.25) is 0 Å². The summed E-state index contributed by atoms with van der Waals surface area (Å²) in [6.07, 6.45) is -4.04. The molecule has 2 rings (SSSR count). The average molecular weight is 280 g/mol. The summed E-state index contributed by atoms with van der Waals surface area (Å²) in [5, 5.41) is 0. The van der Waals surface area contributed by atoms with Crippen LogP contribution in [0.4, 0.5) is 17.6 Å². The molecule has 0 saturated heterocycles. The van der Waals surface area contributed by atoms with Crippen molar-refractivity contribution in [1.82, 2.24) is 0 Å². The van der Waals surface area contributed by atoms with Gasteiger partial charge in [0, 0.05) is 0 Å². The number of rotatable bonds is 3. The van der Waals surface area contributed by atoms with Gasteiger partial charge in [-0.2, -0.15) is 8.78 Å². The van der Waals surface area contributed by atoms with Gasteiger partial charge in [0.25, 0.3) is 0 Å². The predicted octanol–water partition coefficient (Wildman–Crippen LogP) is 2.66. The van der Waals surface area contributed by atoms with E-state index in [2.05, 4.69) is 14.2 Å². The van der Waals surface area contributed by atoms with Gasteiger partial charge < -0.3 is 14.2 Å². The first-order valence-corrected chi connectivity index (χ1v) is 5.22. The first-order valence-electron chi connectivity index (χ1n) is 5.22. The highest BCUT2D eigenvalue weighted by atomic mass is 19.3. The lowest BCUT2D eigenvalue weighted by Crippen LogP contribution is -2.30. The maximum absolute atomic E-state index is 13.8. The number of halogens is 4. The molecule has 0 amide bonds. The van der Waals surface area contributed by atoms with Gasteiger partial charge >= 0.3 is 18.2 Å². The third-order valence-electron chi connectivity index (χ3n) is 2.30. The molecule has 0 unspecified atom stereocenters. The largest absolute Gasteiger partial charge is 0.586 e. The van der Waals surface area contributed by atoms with Gasteiger partial charge in [-0.3, -0.25) is 0 Å². The molecule has 1 heterocycles. The Kier molecular flexibility index (Phi) is 3.03. The van der Waals surface area contributed by atoms with Crippen molar-refractivity contribution >= 4 is 5.97 Å². The van der Waals surface area contributed by atoms with Crippen molar-refractivity contribution in [2.75, 3.05) is 6.61 Å². The highest BCUT2D eigenvalue weighted by Gasteiger charge is 2.51. The maximum Gasteiger partial charge on any atom is 0.586 e. The number of hydrogen-bond donors (Lipinski definition) is 0. The molecule has 1 aliphatic heterocycles. The van der Waals surface area contributed by atoms with Crippen molar-refractivity contribution in [2.45, 2.75) is 19.1 Å². The molecule has 1 aromatic rings. The zero-order valence-electron chi connectivity index (χ0n) is 9.58. The van der Waals surface area contributed by atoms with E-state index in [0.717, 1.165) is 18.2 Å². The number of carbonyl (C=O) groups excluding carboxylic acids is 1. The zero-order chi connectivity index (χ0) is 14.3. The SMILES string of the molecule is CCOC(=O)C(F)(F)c1cccc2c1OC(F)(F)O2. The van der Waals surface area contributed by atoms with E-state index in [1.807, 2.05) is 0 Å². The van der Waals surface area contributed by atoms with Crippen LogP contribution in [0.3, 0.4) is 0 Å². The Balaban J connectivity index is 2.43. The lowest BCUT2D eigenvalue weighted by molar-refractivity contribution is -0.287. The molecule has 0 saturated carbocycles. The van der Waals surface area contributed by atoms with E-state index in [0.29, 0.717) is 0 Å². The third-order valence-corrected chi connectivity index (χ3v) is 2.30. The van der Waals surface area contributed by atoms with Crippen LogP contribution in [0.5, 0.6) is 11.5 Å². The first-order chi connectivity index (χ1) is 8.78. The van der Waals surface area contributed by atoms with E-state index >= 15 is 0 Å². The molecule has 104 valence electrons. The Bertz CT molecular complexity index is 515. The number of hydrogen-bond acceptors (Lipinski definition) is 4. The van der Waals surface area contributed by atoms with E-state index in [1.54, 1.807) is 0 Å². The summed E-state index contributed by atoms with van der Waals surface area (Å²) in [5.74, 6) is -7.38. The van der Waals surface area contributed by atoms with Crippen molar-refractivity contribution in [3.8, 4) is 11.5 Å². The van der Waals surface area contributed by atoms with Crippen LogP contribution >= 0.6 is 0 Å². The Labute approximate surface area is 104 Å². The second-order valence-electron chi connectivity index (χ2n) is 3.60. The van der Waals surface area contributed by atoms with Crippen LogP contribution in [0.25, 0.3) is 0 Å². The zero-order valence-corrected chi connectivity index (χ0v) is 9.58. The van der Waals surface area contributed by atoms with E-state index in [9.17, 15) is 22.4 Å². The molecule has 0 bridgehead atoms. The number of fused-ring (bicyclic) bond motifs is 1. The standard InChI is InChI=1S/C11H8F4O4/c1-2-17-9(16)10(12,13)6-4-3-5-7-8(6)19-11(14,15)18-7/h3-5H,2H2,1H3. The van der Waals surface area contributed by atoms with E-state index in [4.69, 9.17) is 0 Å². The van der Waals surface area contributed by atoms with Gasteiger partial charge in [0.15, 0.2) is 11.5 Å². The van der Waals surface area contributed by atoms with Crippen molar-refractivity contribution in [3.63, 3.8) is 0 Å². The minimum Gasteiger partial charge on any atom is -0.461 e.